The highest BCUT2D eigenvalue weighted by Gasteiger charge is 2.18. The molecule has 0 fully saturated rings. The summed E-state index contributed by atoms with van der Waals surface area (Å²) in [7, 11) is 0. The Bertz CT molecular complexity index is 212. The molecule has 1 heterocycles. The van der Waals surface area contributed by atoms with Crippen LogP contribution in [0.5, 0.6) is 0 Å². The van der Waals surface area contributed by atoms with Crippen molar-refractivity contribution >= 4 is 11.1 Å². The summed E-state index contributed by atoms with van der Waals surface area (Å²) in [5.41, 5.74) is 0.857. The molecule has 1 aliphatic heterocycles. The molecule has 0 spiro atoms. The zero-order valence-electron chi connectivity index (χ0n) is 4.96. The Balaban J connectivity index is 2.79. The fraction of sp³-hybridized carbons (Fsp3) is 0.333. The lowest BCUT2D eigenvalue weighted by Gasteiger charge is -1.97. The first-order chi connectivity index (χ1) is 4.24. The first-order valence-electron chi connectivity index (χ1n) is 2.46. The van der Waals surface area contributed by atoms with Gasteiger partial charge in [-0.2, -0.15) is 0 Å². The summed E-state index contributed by atoms with van der Waals surface area (Å²) in [6.07, 6.45) is 4.67. The van der Waals surface area contributed by atoms with E-state index in [1.54, 1.807) is 6.92 Å². The maximum Gasteiger partial charge on any atom is 0.183 e. The fourth-order valence-electron chi connectivity index (χ4n) is 0.571. The third-order valence-electron chi connectivity index (χ3n) is 1.04. The second-order valence-corrected chi connectivity index (χ2v) is 2.71. The highest BCUT2D eigenvalue weighted by Crippen LogP contribution is 2.15. The van der Waals surface area contributed by atoms with E-state index in [9.17, 15) is 4.21 Å². The van der Waals surface area contributed by atoms with Crippen LogP contribution in [-0.2, 0) is 15.3 Å². The van der Waals surface area contributed by atoms with E-state index in [0.29, 0.717) is 0 Å². The quantitative estimate of drug-likeness (QED) is 0.462. The summed E-state index contributed by atoms with van der Waals surface area (Å²) in [4.78, 5) is 0. The number of hydrogen-bond donors (Lipinski definition) is 0. The predicted octanol–water partition coefficient (Wildman–Crippen LogP) is 0.586. The smallest absolute Gasteiger partial charge is 0.183 e. The Kier molecular flexibility index (Phi) is 1.70. The Morgan fingerprint density at radius 1 is 2.00 bits per heavy atom. The average molecular weight is 142 g/mol. The van der Waals surface area contributed by atoms with E-state index in [1.165, 1.54) is 5.41 Å². The van der Waals surface area contributed by atoms with Gasteiger partial charge in [-0.1, -0.05) is 5.92 Å². The van der Waals surface area contributed by atoms with Crippen molar-refractivity contribution in [2.75, 3.05) is 0 Å². The summed E-state index contributed by atoms with van der Waals surface area (Å²) in [6, 6.07) is 0. The molecule has 2 unspecified atom stereocenters. The van der Waals surface area contributed by atoms with Crippen molar-refractivity contribution in [3.63, 3.8) is 0 Å². The van der Waals surface area contributed by atoms with Crippen molar-refractivity contribution in [1.82, 2.24) is 0 Å². The minimum Gasteiger partial charge on any atom is -0.266 e. The van der Waals surface area contributed by atoms with E-state index in [2.05, 4.69) is 5.92 Å². The van der Waals surface area contributed by atoms with Gasteiger partial charge in [0.2, 0.25) is 0 Å². The molecule has 0 saturated heterocycles. The summed E-state index contributed by atoms with van der Waals surface area (Å²) < 4.78 is 15.3. The van der Waals surface area contributed by atoms with Gasteiger partial charge in [0.15, 0.2) is 17.2 Å². The van der Waals surface area contributed by atoms with Gasteiger partial charge in [-0.15, -0.1) is 6.42 Å². The second-order valence-electron chi connectivity index (χ2n) is 1.77. The monoisotopic (exact) mass is 142 g/mol. The second kappa shape index (κ2) is 2.34. The van der Waals surface area contributed by atoms with E-state index in [4.69, 9.17) is 10.6 Å². The Morgan fingerprint density at radius 3 is 2.89 bits per heavy atom. The maximum absolute atomic E-state index is 10.5. The highest BCUT2D eigenvalue weighted by molar-refractivity contribution is 7.83. The lowest BCUT2D eigenvalue weighted by Crippen LogP contribution is -2.03. The van der Waals surface area contributed by atoms with Crippen LogP contribution >= 0.6 is 0 Å². The van der Waals surface area contributed by atoms with E-state index in [0.717, 1.165) is 5.57 Å². The summed E-state index contributed by atoms with van der Waals surface area (Å²) >= 11 is -1.29. The Hall–Kier alpha value is -0.590. The van der Waals surface area contributed by atoms with Gasteiger partial charge < -0.3 is 0 Å². The van der Waals surface area contributed by atoms with Crippen LogP contribution in [0, 0.1) is 12.3 Å². The Labute approximate surface area is 56.6 Å². The molecule has 0 bridgehead atoms. The molecule has 2 atom stereocenters. The first-order valence-corrected chi connectivity index (χ1v) is 3.60. The van der Waals surface area contributed by atoms with Gasteiger partial charge in [-0.25, -0.2) is 4.21 Å². The molecule has 1 aliphatic rings. The molecule has 0 aliphatic carbocycles. The molecule has 2 nitrogen and oxygen atoms in total. The Morgan fingerprint density at radius 2 is 2.67 bits per heavy atom. The van der Waals surface area contributed by atoms with Crippen molar-refractivity contribution in [3.8, 4) is 12.3 Å². The van der Waals surface area contributed by atoms with Crippen molar-refractivity contribution in [3.05, 3.63) is 11.0 Å². The van der Waals surface area contributed by atoms with Crippen LogP contribution in [0.25, 0.3) is 0 Å². The van der Waals surface area contributed by atoms with Crippen molar-refractivity contribution in [1.29, 1.82) is 0 Å². The molecule has 9 heavy (non-hydrogen) atoms. The number of hydrogen-bond acceptors (Lipinski definition) is 2. The van der Waals surface area contributed by atoms with Crippen LogP contribution in [0.2, 0.25) is 0 Å². The molecular formula is C6H6O2S. The third kappa shape index (κ3) is 1.21. The van der Waals surface area contributed by atoms with Crippen LogP contribution in [0.4, 0.5) is 0 Å². The standard InChI is InChI=1S/C6H6O2S/c1-3-6-5(2)4-9(7)8-6/h1,4,6H,2H3. The van der Waals surface area contributed by atoms with Crippen LogP contribution in [0.3, 0.4) is 0 Å². The molecule has 48 valence electrons. The maximum atomic E-state index is 10.5. The molecule has 3 heteroatoms. The molecule has 0 aromatic heterocycles. The van der Waals surface area contributed by atoms with Gasteiger partial charge in [0, 0.05) is 5.41 Å². The fourth-order valence-corrected chi connectivity index (χ4v) is 1.45. The highest BCUT2D eigenvalue weighted by atomic mass is 32.2. The first kappa shape index (κ1) is 6.53. The molecule has 0 saturated carbocycles. The molecule has 0 amide bonds. The zero-order valence-corrected chi connectivity index (χ0v) is 5.77. The topological polar surface area (TPSA) is 26.3 Å². The van der Waals surface area contributed by atoms with Crippen LogP contribution in [0.15, 0.2) is 11.0 Å². The van der Waals surface area contributed by atoms with Crippen molar-refractivity contribution in [2.24, 2.45) is 0 Å². The molecule has 0 aromatic rings. The van der Waals surface area contributed by atoms with Crippen LogP contribution in [-0.4, -0.2) is 10.3 Å². The van der Waals surface area contributed by atoms with Gasteiger partial charge >= 0.3 is 0 Å². The largest absolute Gasteiger partial charge is 0.266 e. The van der Waals surface area contributed by atoms with Crippen molar-refractivity contribution < 1.29 is 8.39 Å². The lowest BCUT2D eigenvalue weighted by molar-refractivity contribution is 0.339. The molecular weight excluding hydrogens is 136 g/mol. The minimum atomic E-state index is -1.29. The predicted molar refractivity (Wildman–Crippen MR) is 35.6 cm³/mol. The van der Waals surface area contributed by atoms with Gasteiger partial charge in [0.25, 0.3) is 0 Å². The average Bonchev–Trinajstić information content (AvgIpc) is 2.10. The third-order valence-corrected chi connectivity index (χ3v) is 1.98. The van der Waals surface area contributed by atoms with Gasteiger partial charge in [-0.05, 0) is 12.5 Å². The molecule has 0 N–H and O–H groups in total. The minimum absolute atomic E-state index is 0.370. The summed E-state index contributed by atoms with van der Waals surface area (Å²) in [6.45, 7) is 1.80. The normalized spacial score (nSPS) is 33.6. The van der Waals surface area contributed by atoms with Crippen LogP contribution < -0.4 is 0 Å². The van der Waals surface area contributed by atoms with Gasteiger partial charge in [0.1, 0.15) is 0 Å². The molecule has 1 rings (SSSR count). The van der Waals surface area contributed by atoms with Gasteiger partial charge in [-0.3, -0.25) is 4.18 Å². The SMILES string of the molecule is C#CC1OS(=O)C=C1C. The van der Waals surface area contributed by atoms with Gasteiger partial charge in [0.05, 0.1) is 0 Å². The molecule has 0 aromatic carbocycles. The summed E-state index contributed by atoms with van der Waals surface area (Å²) in [5, 5.41) is 1.52. The van der Waals surface area contributed by atoms with E-state index < -0.39 is 11.1 Å². The molecule has 0 radical (unpaired) electrons. The van der Waals surface area contributed by atoms with Crippen LogP contribution in [0.1, 0.15) is 6.92 Å². The number of rotatable bonds is 0. The van der Waals surface area contributed by atoms with E-state index in [-0.39, 0.29) is 6.10 Å². The number of terminal acetylenes is 1. The van der Waals surface area contributed by atoms with E-state index in [1.807, 2.05) is 0 Å². The zero-order chi connectivity index (χ0) is 6.85. The lowest BCUT2D eigenvalue weighted by atomic mass is 10.2. The summed E-state index contributed by atoms with van der Waals surface area (Å²) in [5.74, 6) is 2.36. The van der Waals surface area contributed by atoms with E-state index >= 15 is 0 Å². The van der Waals surface area contributed by atoms with Crippen molar-refractivity contribution in [2.45, 2.75) is 13.0 Å².